The van der Waals surface area contributed by atoms with Crippen molar-refractivity contribution in [3.63, 3.8) is 0 Å². The van der Waals surface area contributed by atoms with Gasteiger partial charge in [-0.05, 0) is 31.2 Å². The molecule has 29 heavy (non-hydrogen) atoms. The van der Waals surface area contributed by atoms with E-state index in [4.69, 9.17) is 33.1 Å². The molecule has 1 aromatic carbocycles. The molecule has 3 rings (SSSR count). The molecule has 2 heterocycles. The van der Waals surface area contributed by atoms with E-state index in [2.05, 4.69) is 4.99 Å². The number of esters is 1. The minimum atomic E-state index is -3.92. The number of carbonyl (C=O) groups is 2. The maximum absolute atomic E-state index is 12.6. The fourth-order valence-electron chi connectivity index (χ4n) is 2.44. The molecule has 1 amide bonds. The summed E-state index contributed by atoms with van der Waals surface area (Å²) >= 11 is 14.0. The van der Waals surface area contributed by atoms with Crippen LogP contribution in [-0.4, -0.2) is 31.5 Å². The number of rotatable bonds is 5. The number of sulfonamides is 1. The molecule has 0 aliphatic carbocycles. The van der Waals surface area contributed by atoms with Crippen molar-refractivity contribution in [1.29, 1.82) is 0 Å². The maximum atomic E-state index is 12.6. The predicted molar refractivity (Wildman–Crippen MR) is 112 cm³/mol. The van der Waals surface area contributed by atoms with Crippen molar-refractivity contribution in [2.75, 3.05) is 6.61 Å². The lowest BCUT2D eigenvalue weighted by Crippen LogP contribution is -2.23. The van der Waals surface area contributed by atoms with Crippen molar-refractivity contribution in [3.8, 4) is 0 Å². The second-order valence-electron chi connectivity index (χ2n) is 5.61. The molecule has 3 aromatic rings. The molecule has 154 valence electrons. The smallest absolute Gasteiger partial charge is 0.326 e. The van der Waals surface area contributed by atoms with Gasteiger partial charge < -0.3 is 9.30 Å². The highest BCUT2D eigenvalue weighted by molar-refractivity contribution is 7.89. The van der Waals surface area contributed by atoms with Gasteiger partial charge in [-0.2, -0.15) is 4.99 Å². The van der Waals surface area contributed by atoms with Crippen molar-refractivity contribution in [2.24, 2.45) is 10.1 Å². The zero-order chi connectivity index (χ0) is 21.3. The van der Waals surface area contributed by atoms with E-state index in [1.54, 1.807) is 6.92 Å². The van der Waals surface area contributed by atoms with Crippen molar-refractivity contribution in [2.45, 2.75) is 18.4 Å². The van der Waals surface area contributed by atoms with Gasteiger partial charge in [0.2, 0.25) is 10.0 Å². The Morgan fingerprint density at radius 3 is 2.55 bits per heavy atom. The molecular weight excluding hydrogens is 481 g/mol. The van der Waals surface area contributed by atoms with Gasteiger partial charge in [-0.15, -0.1) is 11.3 Å². The number of hydrogen-bond donors (Lipinski definition) is 1. The molecule has 0 bridgehead atoms. The maximum Gasteiger partial charge on any atom is 0.326 e. The highest BCUT2D eigenvalue weighted by Crippen LogP contribution is 2.31. The molecule has 0 unspecified atom stereocenters. The van der Waals surface area contributed by atoms with E-state index in [9.17, 15) is 18.0 Å². The standard InChI is InChI=1S/C16H13Cl2N3O5S3/c1-2-26-13(22)7-21-10-4-3-8(29(19,24)25)5-11(10)27-16(21)20-15(23)9-6-12(17)28-14(9)18/h3-6H,2,7H2,1H3,(H2,19,24,25). The van der Waals surface area contributed by atoms with Crippen LogP contribution in [0.4, 0.5) is 0 Å². The van der Waals surface area contributed by atoms with E-state index < -0.39 is 21.9 Å². The van der Waals surface area contributed by atoms with Crippen LogP contribution in [0.2, 0.25) is 8.67 Å². The number of thiazole rings is 1. The Morgan fingerprint density at radius 2 is 1.97 bits per heavy atom. The third kappa shape index (κ3) is 4.87. The molecule has 0 saturated heterocycles. The van der Waals surface area contributed by atoms with Gasteiger partial charge in [0, 0.05) is 0 Å². The number of nitrogens with two attached hydrogens (primary N) is 1. The first-order valence-electron chi connectivity index (χ1n) is 7.96. The highest BCUT2D eigenvalue weighted by atomic mass is 35.5. The largest absolute Gasteiger partial charge is 0.465 e. The van der Waals surface area contributed by atoms with E-state index in [1.165, 1.54) is 28.8 Å². The van der Waals surface area contributed by atoms with E-state index in [0.29, 0.717) is 14.6 Å². The number of halogens is 2. The van der Waals surface area contributed by atoms with Gasteiger partial charge in [0.1, 0.15) is 10.9 Å². The van der Waals surface area contributed by atoms with Gasteiger partial charge in [-0.1, -0.05) is 34.5 Å². The summed E-state index contributed by atoms with van der Waals surface area (Å²) in [7, 11) is -3.92. The molecule has 0 atom stereocenters. The number of primary sulfonamides is 1. The normalized spacial score (nSPS) is 12.5. The van der Waals surface area contributed by atoms with Crippen LogP contribution in [0.25, 0.3) is 10.2 Å². The summed E-state index contributed by atoms with van der Waals surface area (Å²) in [5.74, 6) is -1.18. The zero-order valence-electron chi connectivity index (χ0n) is 14.7. The molecule has 0 spiro atoms. The number of thiophene rings is 1. The fourth-order valence-corrected chi connectivity index (χ4v) is 5.57. The number of aromatic nitrogens is 1. The molecule has 0 saturated carbocycles. The topological polar surface area (TPSA) is 121 Å². The van der Waals surface area contributed by atoms with Crippen LogP contribution >= 0.6 is 45.9 Å². The lowest BCUT2D eigenvalue weighted by molar-refractivity contribution is -0.143. The summed E-state index contributed by atoms with van der Waals surface area (Å²) in [5.41, 5.74) is 0.628. The first kappa shape index (κ1) is 21.9. The van der Waals surface area contributed by atoms with Gasteiger partial charge in [0.15, 0.2) is 4.80 Å². The van der Waals surface area contributed by atoms with Crippen LogP contribution < -0.4 is 9.94 Å². The second-order valence-corrected chi connectivity index (χ2v) is 10.5. The Bertz CT molecular complexity index is 1290. The Kier molecular flexibility index (Phi) is 6.46. The second kappa shape index (κ2) is 8.54. The molecule has 8 nitrogen and oxygen atoms in total. The molecule has 2 aromatic heterocycles. The van der Waals surface area contributed by atoms with E-state index >= 15 is 0 Å². The van der Waals surface area contributed by atoms with Crippen LogP contribution in [-0.2, 0) is 26.1 Å². The summed E-state index contributed by atoms with van der Waals surface area (Å²) in [4.78, 5) is 28.7. The number of fused-ring (bicyclic) bond motifs is 1. The average molecular weight is 494 g/mol. The quantitative estimate of drug-likeness (QED) is 0.547. The van der Waals surface area contributed by atoms with Crippen molar-refractivity contribution >= 4 is 78.0 Å². The third-order valence-corrected chi connectivity index (χ3v) is 7.10. The Balaban J connectivity index is 2.19. The molecule has 0 aliphatic heterocycles. The van der Waals surface area contributed by atoms with E-state index in [0.717, 1.165) is 22.7 Å². The zero-order valence-corrected chi connectivity index (χ0v) is 18.7. The lowest BCUT2D eigenvalue weighted by Gasteiger charge is -2.05. The van der Waals surface area contributed by atoms with Crippen molar-refractivity contribution < 1.29 is 22.7 Å². The minimum absolute atomic E-state index is 0.0972. The van der Waals surface area contributed by atoms with Crippen LogP contribution in [0.3, 0.4) is 0 Å². The van der Waals surface area contributed by atoms with Gasteiger partial charge in [-0.3, -0.25) is 9.59 Å². The molecule has 0 aliphatic rings. The van der Waals surface area contributed by atoms with Crippen molar-refractivity contribution in [3.05, 3.63) is 43.3 Å². The first-order valence-corrected chi connectivity index (χ1v) is 11.9. The molecule has 0 radical (unpaired) electrons. The van der Waals surface area contributed by atoms with Gasteiger partial charge in [-0.25, -0.2) is 13.6 Å². The number of amides is 1. The summed E-state index contributed by atoms with van der Waals surface area (Å²) in [6.07, 6.45) is 0. The van der Waals surface area contributed by atoms with E-state index in [-0.39, 0.29) is 32.7 Å². The van der Waals surface area contributed by atoms with Crippen molar-refractivity contribution in [1.82, 2.24) is 4.57 Å². The number of hydrogen-bond acceptors (Lipinski definition) is 7. The average Bonchev–Trinajstić information content (AvgIpc) is 3.13. The van der Waals surface area contributed by atoms with Crippen LogP contribution in [0.15, 0.2) is 34.2 Å². The number of nitrogens with zero attached hydrogens (tertiary/aromatic N) is 2. The third-order valence-electron chi connectivity index (χ3n) is 3.66. The SMILES string of the molecule is CCOC(=O)Cn1c(=NC(=O)c2cc(Cl)sc2Cl)sc2cc(S(N)(=O)=O)ccc21. The summed E-state index contributed by atoms with van der Waals surface area (Å²) in [5, 5.41) is 5.18. The predicted octanol–water partition coefficient (Wildman–Crippen LogP) is 3.02. The van der Waals surface area contributed by atoms with Gasteiger partial charge >= 0.3 is 5.97 Å². The number of carbonyl (C=O) groups excluding carboxylic acids is 2. The highest BCUT2D eigenvalue weighted by Gasteiger charge is 2.18. The first-order chi connectivity index (χ1) is 13.6. The summed E-state index contributed by atoms with van der Waals surface area (Å²) in [6.45, 7) is 1.64. The van der Waals surface area contributed by atoms with Gasteiger partial charge in [0.25, 0.3) is 5.91 Å². The fraction of sp³-hybridized carbons (Fsp3) is 0.188. The van der Waals surface area contributed by atoms with Crippen LogP contribution in [0.1, 0.15) is 17.3 Å². The number of ether oxygens (including phenoxy) is 1. The summed E-state index contributed by atoms with van der Waals surface area (Å²) in [6, 6.07) is 5.56. The lowest BCUT2D eigenvalue weighted by atomic mass is 10.3. The molecule has 13 heteroatoms. The van der Waals surface area contributed by atoms with Crippen LogP contribution in [0, 0.1) is 0 Å². The number of benzene rings is 1. The van der Waals surface area contributed by atoms with Gasteiger partial charge in [0.05, 0.1) is 31.6 Å². The molecular formula is C16H13Cl2N3O5S3. The van der Waals surface area contributed by atoms with E-state index in [1.807, 2.05) is 0 Å². The Morgan fingerprint density at radius 1 is 1.24 bits per heavy atom. The summed E-state index contributed by atoms with van der Waals surface area (Å²) < 4.78 is 30.7. The molecule has 0 fully saturated rings. The monoisotopic (exact) mass is 493 g/mol. The molecule has 2 N–H and O–H groups in total. The Labute approximate surface area is 183 Å². The Hall–Kier alpha value is -1.76. The minimum Gasteiger partial charge on any atom is -0.465 e. The van der Waals surface area contributed by atoms with Crippen LogP contribution in [0.5, 0.6) is 0 Å².